The van der Waals surface area contributed by atoms with Crippen LogP contribution in [0.3, 0.4) is 0 Å². The van der Waals surface area contributed by atoms with E-state index >= 15 is 0 Å². The van der Waals surface area contributed by atoms with Crippen LogP contribution in [0, 0.1) is 0 Å². The second-order valence-electron chi connectivity index (χ2n) is 8.58. The minimum absolute atomic E-state index is 0.295. The number of alkyl halides is 2. The van der Waals surface area contributed by atoms with Crippen LogP contribution < -0.4 is 20.9 Å². The molecule has 0 unspecified atom stereocenters. The van der Waals surface area contributed by atoms with Gasteiger partial charge in [0.05, 0.1) is 11.9 Å². The van der Waals surface area contributed by atoms with E-state index in [1.165, 1.54) is 17.3 Å². The molecule has 6 rings (SSSR count). The first-order valence-corrected chi connectivity index (χ1v) is 11.5. The third-order valence-electron chi connectivity index (χ3n) is 6.64. The quantitative estimate of drug-likeness (QED) is 0.413. The Labute approximate surface area is 195 Å². The molecule has 34 heavy (non-hydrogen) atoms. The largest absolute Gasteiger partial charge is 0.368 e. The SMILES string of the molecule is FC(F)n1ccc2c(-c3ccc(Nc4ccc(N5CCNCC5)cn4)c4c3CNC4)ccnc21. The van der Waals surface area contributed by atoms with Crippen molar-refractivity contribution in [1.82, 2.24) is 25.2 Å². The lowest BCUT2D eigenvalue weighted by atomic mass is 9.94. The lowest BCUT2D eigenvalue weighted by Crippen LogP contribution is -2.43. The predicted molar refractivity (Wildman–Crippen MR) is 130 cm³/mol. The zero-order chi connectivity index (χ0) is 23.1. The van der Waals surface area contributed by atoms with Crippen molar-refractivity contribution in [3.05, 3.63) is 66.1 Å². The van der Waals surface area contributed by atoms with Gasteiger partial charge < -0.3 is 20.9 Å². The van der Waals surface area contributed by atoms with E-state index in [0.717, 1.165) is 77.5 Å². The molecule has 4 aromatic rings. The van der Waals surface area contributed by atoms with Gasteiger partial charge in [-0.15, -0.1) is 0 Å². The number of pyridine rings is 2. The normalized spacial score (nSPS) is 15.8. The Balaban J connectivity index is 1.31. The number of nitrogens with zero attached hydrogens (tertiary/aromatic N) is 4. The number of hydrogen-bond donors (Lipinski definition) is 3. The summed E-state index contributed by atoms with van der Waals surface area (Å²) in [4.78, 5) is 11.2. The summed E-state index contributed by atoms with van der Waals surface area (Å²) in [5, 5.41) is 11.0. The van der Waals surface area contributed by atoms with Crippen molar-refractivity contribution in [2.45, 2.75) is 19.6 Å². The summed E-state index contributed by atoms with van der Waals surface area (Å²) in [6.07, 6.45) is 4.92. The molecular formula is C25H25F2N7. The maximum absolute atomic E-state index is 13.4. The summed E-state index contributed by atoms with van der Waals surface area (Å²) >= 11 is 0. The highest BCUT2D eigenvalue weighted by Gasteiger charge is 2.22. The average Bonchev–Trinajstić information content (AvgIpc) is 3.53. The van der Waals surface area contributed by atoms with Crippen molar-refractivity contribution in [3.63, 3.8) is 0 Å². The van der Waals surface area contributed by atoms with E-state index in [1.54, 1.807) is 12.3 Å². The fourth-order valence-corrected chi connectivity index (χ4v) is 4.94. The van der Waals surface area contributed by atoms with Gasteiger partial charge in [0.2, 0.25) is 0 Å². The van der Waals surface area contributed by atoms with Gasteiger partial charge in [-0.1, -0.05) is 6.07 Å². The number of nitrogens with one attached hydrogen (secondary N) is 3. The Morgan fingerprint density at radius 2 is 1.74 bits per heavy atom. The number of anilines is 3. The Morgan fingerprint density at radius 3 is 2.53 bits per heavy atom. The average molecular weight is 462 g/mol. The third-order valence-corrected chi connectivity index (χ3v) is 6.64. The fraction of sp³-hybridized carbons (Fsp3) is 0.280. The molecule has 0 aliphatic carbocycles. The third kappa shape index (κ3) is 3.66. The van der Waals surface area contributed by atoms with Crippen LogP contribution in [-0.2, 0) is 13.1 Å². The van der Waals surface area contributed by atoms with Crippen LogP contribution in [0.5, 0.6) is 0 Å². The molecule has 5 heterocycles. The molecule has 0 spiro atoms. The molecule has 2 aliphatic heterocycles. The molecule has 0 bridgehead atoms. The van der Waals surface area contributed by atoms with E-state index in [0.29, 0.717) is 5.65 Å². The monoisotopic (exact) mass is 461 g/mol. The lowest BCUT2D eigenvalue weighted by Gasteiger charge is -2.29. The molecule has 3 N–H and O–H groups in total. The van der Waals surface area contributed by atoms with Crippen LogP contribution in [0.1, 0.15) is 17.7 Å². The second-order valence-corrected chi connectivity index (χ2v) is 8.58. The summed E-state index contributed by atoms with van der Waals surface area (Å²) in [6.45, 7) is 2.77. The number of piperazine rings is 1. The van der Waals surface area contributed by atoms with Crippen molar-refractivity contribution < 1.29 is 8.78 Å². The summed E-state index contributed by atoms with van der Waals surface area (Å²) in [5.41, 5.74) is 6.71. The Morgan fingerprint density at radius 1 is 0.882 bits per heavy atom. The molecule has 2 aliphatic rings. The van der Waals surface area contributed by atoms with Gasteiger partial charge in [-0.3, -0.25) is 4.57 Å². The van der Waals surface area contributed by atoms with Crippen molar-refractivity contribution in [1.29, 1.82) is 0 Å². The molecule has 1 fully saturated rings. The Bertz CT molecular complexity index is 1330. The number of benzene rings is 1. The van der Waals surface area contributed by atoms with Gasteiger partial charge in [0, 0.05) is 62.7 Å². The highest BCUT2D eigenvalue weighted by Crippen LogP contribution is 2.38. The van der Waals surface area contributed by atoms with E-state index < -0.39 is 6.55 Å². The molecule has 174 valence electrons. The maximum atomic E-state index is 13.4. The minimum Gasteiger partial charge on any atom is -0.368 e. The summed E-state index contributed by atoms with van der Waals surface area (Å²) in [5.74, 6) is 0.793. The first-order valence-electron chi connectivity index (χ1n) is 11.5. The van der Waals surface area contributed by atoms with Crippen LogP contribution in [-0.4, -0.2) is 40.7 Å². The van der Waals surface area contributed by atoms with Crippen LogP contribution in [0.4, 0.5) is 26.0 Å². The number of halogens is 2. The summed E-state index contributed by atoms with van der Waals surface area (Å²) in [6, 6.07) is 11.8. The maximum Gasteiger partial charge on any atom is 0.320 e. The van der Waals surface area contributed by atoms with Crippen LogP contribution >= 0.6 is 0 Å². The van der Waals surface area contributed by atoms with Gasteiger partial charge >= 0.3 is 6.55 Å². The summed E-state index contributed by atoms with van der Waals surface area (Å²) in [7, 11) is 0. The second kappa shape index (κ2) is 8.66. The van der Waals surface area contributed by atoms with E-state index in [-0.39, 0.29) is 0 Å². The first-order chi connectivity index (χ1) is 16.7. The number of hydrogen-bond acceptors (Lipinski definition) is 6. The lowest BCUT2D eigenvalue weighted by molar-refractivity contribution is 0.0746. The zero-order valence-corrected chi connectivity index (χ0v) is 18.6. The van der Waals surface area contributed by atoms with Crippen molar-refractivity contribution in [2.24, 2.45) is 0 Å². The minimum atomic E-state index is -2.62. The molecule has 0 amide bonds. The van der Waals surface area contributed by atoms with Crippen molar-refractivity contribution in [3.8, 4) is 11.1 Å². The molecule has 0 saturated carbocycles. The Kier molecular flexibility index (Phi) is 5.35. The standard InChI is InChI=1S/C25H25F2N7/c26-25(27)34-10-6-19-18(5-7-30-24(19)34)17-2-3-22(21-15-29-14-20(17)21)32-23-4-1-16(13-31-23)33-11-8-28-9-12-33/h1-7,10,13,25,28-29H,8-9,11-12,14-15H2,(H,31,32). The number of fused-ring (bicyclic) bond motifs is 2. The molecule has 3 aromatic heterocycles. The van der Waals surface area contributed by atoms with Crippen molar-refractivity contribution >= 4 is 28.2 Å². The van der Waals surface area contributed by atoms with E-state index in [2.05, 4.69) is 43.0 Å². The number of rotatable bonds is 5. The van der Waals surface area contributed by atoms with Crippen LogP contribution in [0.15, 0.2) is 55.0 Å². The van der Waals surface area contributed by atoms with Gasteiger partial charge in [0.25, 0.3) is 0 Å². The predicted octanol–water partition coefficient (Wildman–Crippen LogP) is 4.25. The first kappa shape index (κ1) is 21.0. The van der Waals surface area contributed by atoms with Gasteiger partial charge in [0.15, 0.2) is 0 Å². The Hall–Kier alpha value is -3.56. The zero-order valence-electron chi connectivity index (χ0n) is 18.6. The smallest absolute Gasteiger partial charge is 0.320 e. The summed E-state index contributed by atoms with van der Waals surface area (Å²) < 4.78 is 27.6. The molecule has 9 heteroatoms. The topological polar surface area (TPSA) is 70.0 Å². The van der Waals surface area contributed by atoms with E-state index in [9.17, 15) is 8.78 Å². The van der Waals surface area contributed by atoms with Crippen LogP contribution in [0.2, 0.25) is 0 Å². The molecule has 0 atom stereocenters. The van der Waals surface area contributed by atoms with Crippen molar-refractivity contribution in [2.75, 3.05) is 36.4 Å². The van der Waals surface area contributed by atoms with Gasteiger partial charge in [-0.05, 0) is 52.6 Å². The van der Waals surface area contributed by atoms with Crippen LogP contribution in [0.25, 0.3) is 22.2 Å². The molecule has 1 saturated heterocycles. The fourth-order valence-electron chi connectivity index (χ4n) is 4.94. The van der Waals surface area contributed by atoms with Gasteiger partial charge in [-0.25, -0.2) is 9.97 Å². The van der Waals surface area contributed by atoms with Gasteiger partial charge in [-0.2, -0.15) is 8.78 Å². The highest BCUT2D eigenvalue weighted by atomic mass is 19.3. The molecular weight excluding hydrogens is 436 g/mol. The van der Waals surface area contributed by atoms with Gasteiger partial charge in [0.1, 0.15) is 11.5 Å². The van der Waals surface area contributed by atoms with E-state index in [1.807, 2.05) is 24.4 Å². The molecule has 1 aromatic carbocycles. The van der Waals surface area contributed by atoms with E-state index in [4.69, 9.17) is 0 Å². The highest BCUT2D eigenvalue weighted by molar-refractivity contribution is 5.95. The number of aromatic nitrogens is 3. The molecule has 7 nitrogen and oxygen atoms in total. The molecule has 0 radical (unpaired) electrons.